The van der Waals surface area contributed by atoms with Crippen molar-refractivity contribution in [1.29, 1.82) is 0 Å². The Balaban J connectivity index is 1.80. The first kappa shape index (κ1) is 9.97. The molecule has 1 heterocycles. The summed E-state index contributed by atoms with van der Waals surface area (Å²) >= 11 is 1.76. The Kier molecular flexibility index (Phi) is 2.52. The lowest BCUT2D eigenvalue weighted by atomic mass is 10.1. The van der Waals surface area contributed by atoms with E-state index in [0.29, 0.717) is 5.41 Å². The number of nitrogens with zero attached hydrogens (tertiary/aromatic N) is 1. The summed E-state index contributed by atoms with van der Waals surface area (Å²) in [5.41, 5.74) is 1.81. The Hall–Kier alpha value is -0.570. The second-order valence-electron chi connectivity index (χ2n) is 4.65. The summed E-state index contributed by atoms with van der Waals surface area (Å²) in [6.07, 6.45) is 4.10. The molecule has 2 rings (SSSR count). The molecule has 0 amide bonds. The van der Waals surface area contributed by atoms with Crippen LogP contribution in [0.15, 0.2) is 0 Å². The fourth-order valence-corrected chi connectivity index (χ4v) is 2.32. The Morgan fingerprint density at radius 2 is 2.14 bits per heavy atom. The minimum atomic E-state index is 0.647. The highest BCUT2D eigenvalue weighted by Crippen LogP contribution is 2.47. The summed E-state index contributed by atoms with van der Waals surface area (Å²) in [4.78, 5) is 5.78. The minimum Gasteiger partial charge on any atom is -0.361 e. The number of hydrogen-bond acceptors (Lipinski definition) is 3. The molecule has 0 unspecified atom stereocenters. The van der Waals surface area contributed by atoms with Crippen LogP contribution in [0.5, 0.6) is 0 Å². The summed E-state index contributed by atoms with van der Waals surface area (Å²) < 4.78 is 0. The molecular weight excluding hydrogens is 192 g/mol. The van der Waals surface area contributed by atoms with E-state index in [1.807, 2.05) is 0 Å². The molecule has 1 aromatic heterocycles. The Morgan fingerprint density at radius 3 is 2.64 bits per heavy atom. The lowest BCUT2D eigenvalue weighted by Gasteiger charge is -2.07. The number of aryl methyl sites for hydroxylation is 2. The quantitative estimate of drug-likeness (QED) is 0.824. The van der Waals surface area contributed by atoms with Crippen LogP contribution < -0.4 is 5.32 Å². The second kappa shape index (κ2) is 3.54. The molecule has 1 fully saturated rings. The van der Waals surface area contributed by atoms with Crippen molar-refractivity contribution in [3.8, 4) is 0 Å². The summed E-state index contributed by atoms with van der Waals surface area (Å²) in [6, 6.07) is 0. The smallest absolute Gasteiger partial charge is 0.183 e. The molecule has 1 aliphatic carbocycles. The molecule has 1 aromatic rings. The van der Waals surface area contributed by atoms with E-state index in [2.05, 4.69) is 31.1 Å². The predicted molar refractivity (Wildman–Crippen MR) is 62.0 cm³/mol. The maximum atomic E-state index is 4.46. The van der Waals surface area contributed by atoms with Crippen LogP contribution in [0.3, 0.4) is 0 Å². The first-order chi connectivity index (χ1) is 6.59. The van der Waals surface area contributed by atoms with E-state index >= 15 is 0 Å². The van der Waals surface area contributed by atoms with Gasteiger partial charge in [-0.25, -0.2) is 4.98 Å². The molecule has 0 aliphatic heterocycles. The third kappa shape index (κ3) is 2.27. The van der Waals surface area contributed by atoms with Gasteiger partial charge in [-0.05, 0) is 38.5 Å². The highest BCUT2D eigenvalue weighted by molar-refractivity contribution is 7.15. The van der Waals surface area contributed by atoms with E-state index in [9.17, 15) is 0 Å². The number of hydrogen-bond donors (Lipinski definition) is 1. The SMILES string of the molecule is Cc1nc(NCCC2(C)CC2)sc1C. The van der Waals surface area contributed by atoms with Crippen molar-refractivity contribution in [2.75, 3.05) is 11.9 Å². The lowest BCUT2D eigenvalue weighted by Crippen LogP contribution is -2.06. The average molecular weight is 210 g/mol. The Bertz CT molecular complexity index is 307. The highest BCUT2D eigenvalue weighted by atomic mass is 32.1. The number of aromatic nitrogens is 1. The number of nitrogens with one attached hydrogen (secondary N) is 1. The highest BCUT2D eigenvalue weighted by Gasteiger charge is 2.36. The van der Waals surface area contributed by atoms with Crippen molar-refractivity contribution in [2.24, 2.45) is 5.41 Å². The van der Waals surface area contributed by atoms with Gasteiger partial charge in [0, 0.05) is 11.4 Å². The van der Waals surface area contributed by atoms with Crippen molar-refractivity contribution >= 4 is 16.5 Å². The summed E-state index contributed by atoms with van der Waals surface area (Å²) in [6.45, 7) is 7.63. The van der Waals surface area contributed by atoms with Crippen LogP contribution in [-0.2, 0) is 0 Å². The third-order valence-corrected chi connectivity index (χ3v) is 4.17. The second-order valence-corrected chi connectivity index (χ2v) is 5.85. The maximum absolute atomic E-state index is 4.46. The van der Waals surface area contributed by atoms with E-state index in [-0.39, 0.29) is 0 Å². The van der Waals surface area contributed by atoms with Gasteiger partial charge in [0.15, 0.2) is 5.13 Å². The van der Waals surface area contributed by atoms with Crippen molar-refractivity contribution in [2.45, 2.75) is 40.0 Å². The van der Waals surface area contributed by atoms with Gasteiger partial charge in [0.2, 0.25) is 0 Å². The van der Waals surface area contributed by atoms with E-state index in [0.717, 1.165) is 17.4 Å². The van der Waals surface area contributed by atoms with E-state index < -0.39 is 0 Å². The fraction of sp³-hybridized carbons (Fsp3) is 0.727. The van der Waals surface area contributed by atoms with Gasteiger partial charge in [-0.3, -0.25) is 0 Å². The van der Waals surface area contributed by atoms with Crippen molar-refractivity contribution in [3.05, 3.63) is 10.6 Å². The first-order valence-electron chi connectivity index (χ1n) is 5.27. The van der Waals surface area contributed by atoms with Gasteiger partial charge >= 0.3 is 0 Å². The zero-order chi connectivity index (χ0) is 10.2. The van der Waals surface area contributed by atoms with Crippen LogP contribution in [-0.4, -0.2) is 11.5 Å². The van der Waals surface area contributed by atoms with Crippen LogP contribution >= 0.6 is 11.3 Å². The molecule has 3 heteroatoms. The van der Waals surface area contributed by atoms with Gasteiger partial charge in [0.1, 0.15) is 0 Å². The predicted octanol–water partition coefficient (Wildman–Crippen LogP) is 3.36. The first-order valence-corrected chi connectivity index (χ1v) is 6.09. The van der Waals surface area contributed by atoms with Gasteiger partial charge in [-0.2, -0.15) is 0 Å². The van der Waals surface area contributed by atoms with Gasteiger partial charge in [0.25, 0.3) is 0 Å². The molecule has 0 radical (unpaired) electrons. The van der Waals surface area contributed by atoms with E-state index in [1.54, 1.807) is 11.3 Å². The number of anilines is 1. The minimum absolute atomic E-state index is 0.647. The molecule has 0 aromatic carbocycles. The monoisotopic (exact) mass is 210 g/mol. The van der Waals surface area contributed by atoms with Gasteiger partial charge in [-0.15, -0.1) is 11.3 Å². The van der Waals surface area contributed by atoms with E-state index in [1.165, 1.54) is 24.1 Å². The molecule has 0 spiro atoms. The summed E-state index contributed by atoms with van der Waals surface area (Å²) in [5, 5.41) is 4.50. The van der Waals surface area contributed by atoms with Crippen molar-refractivity contribution < 1.29 is 0 Å². The molecule has 1 saturated carbocycles. The summed E-state index contributed by atoms with van der Waals surface area (Å²) in [7, 11) is 0. The van der Waals surface area contributed by atoms with Gasteiger partial charge in [0.05, 0.1) is 5.69 Å². The maximum Gasteiger partial charge on any atom is 0.183 e. The molecule has 0 atom stereocenters. The largest absolute Gasteiger partial charge is 0.361 e. The molecule has 1 aliphatic rings. The lowest BCUT2D eigenvalue weighted by molar-refractivity contribution is 0.536. The zero-order valence-electron chi connectivity index (χ0n) is 9.18. The normalized spacial score (nSPS) is 18.2. The molecule has 1 N–H and O–H groups in total. The molecule has 0 saturated heterocycles. The standard InChI is InChI=1S/C11H18N2S/c1-8-9(2)14-10(13-8)12-7-6-11(3)4-5-11/h4-7H2,1-3H3,(H,12,13). The fourth-order valence-electron chi connectivity index (χ4n) is 1.48. The van der Waals surface area contributed by atoms with Crippen LogP contribution in [0.4, 0.5) is 5.13 Å². The van der Waals surface area contributed by atoms with Gasteiger partial charge < -0.3 is 5.32 Å². The number of rotatable bonds is 4. The molecule has 0 bridgehead atoms. The topological polar surface area (TPSA) is 24.9 Å². The van der Waals surface area contributed by atoms with Crippen LogP contribution in [0, 0.1) is 19.3 Å². The third-order valence-electron chi connectivity index (χ3n) is 3.14. The number of thiazole rings is 1. The molecule has 2 nitrogen and oxygen atoms in total. The molecule has 78 valence electrons. The van der Waals surface area contributed by atoms with E-state index in [4.69, 9.17) is 0 Å². The average Bonchev–Trinajstić information content (AvgIpc) is 2.75. The van der Waals surface area contributed by atoms with Crippen LogP contribution in [0.25, 0.3) is 0 Å². The van der Waals surface area contributed by atoms with Crippen LogP contribution in [0.1, 0.15) is 36.8 Å². The Labute approximate surface area is 89.8 Å². The molecular formula is C11H18N2S. The van der Waals surface area contributed by atoms with Gasteiger partial charge in [-0.1, -0.05) is 6.92 Å². The van der Waals surface area contributed by atoms with Crippen molar-refractivity contribution in [3.63, 3.8) is 0 Å². The Morgan fingerprint density at radius 1 is 1.43 bits per heavy atom. The van der Waals surface area contributed by atoms with Crippen LogP contribution in [0.2, 0.25) is 0 Å². The van der Waals surface area contributed by atoms with Crippen molar-refractivity contribution in [1.82, 2.24) is 4.98 Å². The molecule has 14 heavy (non-hydrogen) atoms. The summed E-state index contributed by atoms with van der Waals surface area (Å²) in [5.74, 6) is 0. The zero-order valence-corrected chi connectivity index (χ0v) is 10.0.